The molecule has 7 rings (SSSR count). The van der Waals surface area contributed by atoms with Gasteiger partial charge in [0.05, 0.1) is 41.2 Å². The van der Waals surface area contributed by atoms with Crippen molar-refractivity contribution in [2.24, 2.45) is 17.8 Å². The number of piperidine rings is 1. The first-order valence-corrected chi connectivity index (χ1v) is 15.0. The maximum atomic E-state index is 11.4. The van der Waals surface area contributed by atoms with Crippen molar-refractivity contribution in [2.45, 2.75) is 46.3 Å². The van der Waals surface area contributed by atoms with Crippen LogP contribution in [0.25, 0.3) is 27.8 Å². The van der Waals surface area contributed by atoms with E-state index >= 15 is 0 Å². The number of rotatable bonds is 8. The van der Waals surface area contributed by atoms with Crippen LogP contribution in [-0.2, 0) is 11.3 Å². The van der Waals surface area contributed by atoms with Gasteiger partial charge in [-0.1, -0.05) is 56.3 Å². The van der Waals surface area contributed by atoms with Gasteiger partial charge in [0.25, 0.3) is 0 Å². The molecule has 1 aliphatic carbocycles. The highest BCUT2D eigenvalue weighted by Gasteiger charge is 2.60. The lowest BCUT2D eigenvalue weighted by Gasteiger charge is -2.21. The van der Waals surface area contributed by atoms with Crippen LogP contribution < -0.4 is 4.90 Å². The molecule has 3 unspecified atom stereocenters. The maximum Gasteiger partial charge on any atom is 0.307 e. The number of carbonyl (C=O) groups is 1. The van der Waals surface area contributed by atoms with Gasteiger partial charge in [-0.2, -0.15) is 10.2 Å². The van der Waals surface area contributed by atoms with E-state index in [1.54, 1.807) is 0 Å². The number of anilines is 1. The molecule has 1 aliphatic heterocycles. The van der Waals surface area contributed by atoms with Gasteiger partial charge in [0.2, 0.25) is 0 Å². The Morgan fingerprint density at radius 3 is 2.40 bits per heavy atom. The molecular weight excluding hydrogens is 540 g/mol. The first kappa shape index (κ1) is 27.3. The van der Waals surface area contributed by atoms with Crippen LogP contribution in [0, 0.1) is 31.6 Å². The first-order chi connectivity index (χ1) is 20.7. The quantitative estimate of drug-likeness (QED) is 0.250. The van der Waals surface area contributed by atoms with Gasteiger partial charge in [-0.25, -0.2) is 9.67 Å². The number of aryl methyl sites for hydroxylation is 1. The number of carboxylic acid groups (broad SMARTS) is 1. The van der Waals surface area contributed by atoms with Crippen molar-refractivity contribution in [3.05, 3.63) is 89.4 Å². The molecule has 5 aromatic rings. The second-order valence-electron chi connectivity index (χ2n) is 12.3. The molecule has 0 bridgehead atoms. The Labute approximate surface area is 250 Å². The fourth-order valence-electron chi connectivity index (χ4n) is 7.01. The van der Waals surface area contributed by atoms with Crippen LogP contribution in [0.4, 0.5) is 5.82 Å². The molecule has 0 spiro atoms. The van der Waals surface area contributed by atoms with Crippen molar-refractivity contribution in [2.75, 3.05) is 18.0 Å². The third-order valence-electron chi connectivity index (χ3n) is 9.21. The maximum absolute atomic E-state index is 11.4. The Bertz CT molecular complexity index is 1830. The normalized spacial score (nSPS) is 20.1. The summed E-state index contributed by atoms with van der Waals surface area (Å²) in [6.45, 7) is 10.3. The minimum absolute atomic E-state index is 0.193. The zero-order chi connectivity index (χ0) is 30.0. The average molecular weight is 577 g/mol. The van der Waals surface area contributed by atoms with E-state index in [9.17, 15) is 15.0 Å². The molecule has 220 valence electrons. The molecule has 1 saturated heterocycles. The number of aliphatic hydroxyl groups excluding tert-OH is 1. The molecule has 4 heterocycles. The van der Waals surface area contributed by atoms with Crippen molar-refractivity contribution in [1.82, 2.24) is 24.5 Å². The number of benzene rings is 2. The molecule has 0 amide bonds. The highest BCUT2D eigenvalue weighted by molar-refractivity contribution is 5.94. The summed E-state index contributed by atoms with van der Waals surface area (Å²) in [4.78, 5) is 18.5. The summed E-state index contributed by atoms with van der Waals surface area (Å²) in [7, 11) is 0. The molecule has 3 atom stereocenters. The van der Waals surface area contributed by atoms with Gasteiger partial charge >= 0.3 is 5.97 Å². The van der Waals surface area contributed by atoms with Gasteiger partial charge in [0.15, 0.2) is 0 Å². The molecule has 2 fully saturated rings. The third-order valence-corrected chi connectivity index (χ3v) is 9.21. The van der Waals surface area contributed by atoms with Crippen LogP contribution in [0.1, 0.15) is 48.4 Å². The topological polar surface area (TPSA) is 109 Å². The minimum Gasteiger partial charge on any atom is -0.481 e. The van der Waals surface area contributed by atoms with Gasteiger partial charge in [-0.15, -0.1) is 0 Å². The largest absolute Gasteiger partial charge is 0.481 e. The number of hydrogen-bond acceptors (Lipinski definition) is 6. The Balaban J connectivity index is 1.21. The number of aliphatic carboxylic acids is 1. The summed E-state index contributed by atoms with van der Waals surface area (Å²) in [5.41, 5.74) is 7.69. The molecule has 2 N–H and O–H groups in total. The molecule has 1 saturated carbocycles. The molecule has 9 nitrogen and oxygen atoms in total. The summed E-state index contributed by atoms with van der Waals surface area (Å²) in [6, 6.07) is 19.9. The van der Waals surface area contributed by atoms with Gasteiger partial charge in [0, 0.05) is 41.5 Å². The molecule has 9 heteroatoms. The van der Waals surface area contributed by atoms with Crippen molar-refractivity contribution >= 4 is 22.7 Å². The van der Waals surface area contributed by atoms with Crippen molar-refractivity contribution in [3.63, 3.8) is 0 Å². The predicted molar refractivity (Wildman–Crippen MR) is 165 cm³/mol. The van der Waals surface area contributed by atoms with Crippen LogP contribution >= 0.6 is 0 Å². The van der Waals surface area contributed by atoms with E-state index in [1.165, 1.54) is 5.56 Å². The third kappa shape index (κ3) is 4.68. The number of hydrogen-bond donors (Lipinski definition) is 2. The van der Waals surface area contributed by atoms with E-state index in [0.29, 0.717) is 6.54 Å². The molecule has 43 heavy (non-hydrogen) atoms. The summed E-state index contributed by atoms with van der Waals surface area (Å²) in [6.07, 6.45) is 1.35. The summed E-state index contributed by atoms with van der Waals surface area (Å²) in [5.74, 6) is 0.728. The lowest BCUT2D eigenvalue weighted by Crippen LogP contribution is -2.27. The van der Waals surface area contributed by atoms with Gasteiger partial charge < -0.3 is 15.1 Å². The smallest absolute Gasteiger partial charge is 0.307 e. The number of aliphatic hydroxyl groups is 1. The highest BCUT2D eigenvalue weighted by atomic mass is 16.4. The first-order valence-electron chi connectivity index (χ1n) is 15.0. The van der Waals surface area contributed by atoms with E-state index in [4.69, 9.17) is 15.2 Å². The molecular formula is C34H36N6O3. The van der Waals surface area contributed by atoms with E-state index in [1.807, 2.05) is 71.0 Å². The SMILES string of the molecule is Cc1nc(N2CC3C(C2)C3C(=O)O)ccc1-n1nc(-c2cccc3nn(CC(O)c4ccccc4)cc23)c(C(C)C)c1C. The fraction of sp³-hybridized carbons (Fsp3) is 0.353. The van der Waals surface area contributed by atoms with Crippen molar-refractivity contribution < 1.29 is 15.0 Å². The zero-order valence-corrected chi connectivity index (χ0v) is 24.8. The average Bonchev–Trinajstić information content (AvgIpc) is 3.29. The number of pyridine rings is 1. The molecule has 3 aromatic heterocycles. The summed E-state index contributed by atoms with van der Waals surface area (Å²) < 4.78 is 3.82. The summed E-state index contributed by atoms with van der Waals surface area (Å²) >= 11 is 0. The lowest BCUT2D eigenvalue weighted by atomic mass is 9.95. The van der Waals surface area contributed by atoms with Crippen LogP contribution in [0.3, 0.4) is 0 Å². The van der Waals surface area contributed by atoms with E-state index in [2.05, 4.69) is 37.8 Å². The van der Waals surface area contributed by atoms with Crippen molar-refractivity contribution in [3.8, 4) is 16.9 Å². The number of fused-ring (bicyclic) bond motifs is 2. The van der Waals surface area contributed by atoms with Crippen LogP contribution in [-0.4, -0.2) is 53.8 Å². The highest BCUT2D eigenvalue weighted by Crippen LogP contribution is 2.52. The standard InChI is InChI=1S/C34H36N6O3/c1-19(2)31-21(4)40(28-13-14-30(35-20(28)3)38-15-25-26(16-38)32(25)34(42)43)37-33(31)23-11-8-12-27-24(23)17-39(36-27)18-29(41)22-9-6-5-7-10-22/h5-14,17,19,25-26,29,32,41H,15-16,18H2,1-4H3,(H,42,43). The molecule has 2 aromatic carbocycles. The van der Waals surface area contributed by atoms with E-state index in [-0.39, 0.29) is 23.7 Å². The monoisotopic (exact) mass is 576 g/mol. The molecule has 2 aliphatic rings. The van der Waals surface area contributed by atoms with Gasteiger partial charge in [-0.05, 0) is 55.4 Å². The Kier molecular flexibility index (Phi) is 6.58. The predicted octanol–water partition coefficient (Wildman–Crippen LogP) is 5.52. The Morgan fingerprint density at radius 1 is 0.977 bits per heavy atom. The summed E-state index contributed by atoms with van der Waals surface area (Å²) in [5, 5.41) is 31.2. The zero-order valence-electron chi connectivity index (χ0n) is 24.8. The lowest BCUT2D eigenvalue weighted by molar-refractivity contribution is -0.139. The fourth-order valence-corrected chi connectivity index (χ4v) is 7.01. The van der Waals surface area contributed by atoms with E-state index in [0.717, 1.165) is 63.7 Å². The Morgan fingerprint density at radius 2 is 1.72 bits per heavy atom. The second kappa shape index (κ2) is 10.3. The number of aromatic nitrogens is 5. The van der Waals surface area contributed by atoms with Gasteiger partial charge in [0.1, 0.15) is 5.82 Å². The minimum atomic E-state index is -0.673. The van der Waals surface area contributed by atoms with E-state index < -0.39 is 12.1 Å². The van der Waals surface area contributed by atoms with Gasteiger partial charge in [-0.3, -0.25) is 9.48 Å². The van der Waals surface area contributed by atoms with Crippen LogP contribution in [0.2, 0.25) is 0 Å². The number of nitrogens with zero attached hydrogens (tertiary/aromatic N) is 6. The van der Waals surface area contributed by atoms with Crippen molar-refractivity contribution in [1.29, 1.82) is 0 Å². The Hall–Kier alpha value is -4.50. The number of carboxylic acids is 1. The van der Waals surface area contributed by atoms with Crippen LogP contribution in [0.15, 0.2) is 66.9 Å². The molecule has 0 radical (unpaired) electrons. The van der Waals surface area contributed by atoms with Crippen LogP contribution in [0.5, 0.6) is 0 Å². The second-order valence-corrected chi connectivity index (χ2v) is 12.3.